The van der Waals surface area contributed by atoms with Gasteiger partial charge >= 0.3 is 0 Å². The first-order valence-electron chi connectivity index (χ1n) is 12.1. The maximum Gasteiger partial charge on any atom is 0.285 e. The highest BCUT2D eigenvalue weighted by Gasteiger charge is 2.36. The van der Waals surface area contributed by atoms with Gasteiger partial charge in [-0.05, 0) is 48.7 Å². The molecule has 0 saturated heterocycles. The number of nitriles is 1. The quantitative estimate of drug-likeness (QED) is 0.374. The molecule has 3 aromatic rings. The molecule has 10 heteroatoms. The summed E-state index contributed by atoms with van der Waals surface area (Å²) >= 11 is 0. The normalized spacial score (nSPS) is 16.4. The number of benzene rings is 2. The van der Waals surface area contributed by atoms with E-state index in [0.717, 1.165) is 22.0 Å². The predicted octanol–water partition coefficient (Wildman–Crippen LogP) is 2.35. The summed E-state index contributed by atoms with van der Waals surface area (Å²) in [6.07, 6.45) is 4.72. The van der Waals surface area contributed by atoms with Crippen LogP contribution in [0.1, 0.15) is 50.4 Å². The van der Waals surface area contributed by atoms with Crippen molar-refractivity contribution in [1.29, 1.82) is 5.26 Å². The molecule has 10 nitrogen and oxygen atoms in total. The third-order valence-electron chi connectivity index (χ3n) is 6.62. The van der Waals surface area contributed by atoms with Gasteiger partial charge in [-0.2, -0.15) is 5.26 Å². The van der Waals surface area contributed by atoms with Crippen LogP contribution in [0.15, 0.2) is 55.0 Å². The summed E-state index contributed by atoms with van der Waals surface area (Å²) in [5, 5.41) is 13.2. The number of anilines is 1. The Morgan fingerprint density at radius 1 is 1.19 bits per heavy atom. The molecule has 0 spiro atoms. The Bertz CT molecular complexity index is 1370. The fraction of sp³-hybridized carbons (Fsp3) is 0.296. The lowest BCUT2D eigenvalue weighted by Gasteiger charge is -2.36. The minimum atomic E-state index is -0.490. The molecule has 3 amide bonds. The molecule has 0 fully saturated rings. The minimum absolute atomic E-state index is 0.0601. The summed E-state index contributed by atoms with van der Waals surface area (Å²) in [5.74, 6) is -1.12. The van der Waals surface area contributed by atoms with E-state index in [4.69, 9.17) is 4.84 Å². The predicted molar refractivity (Wildman–Crippen MR) is 133 cm³/mol. The highest BCUT2D eigenvalue weighted by Crippen LogP contribution is 2.29. The number of nitrogens with one attached hydrogen (secondary N) is 1. The molecule has 0 bridgehead atoms. The highest BCUT2D eigenvalue weighted by molar-refractivity contribution is 6.20. The van der Waals surface area contributed by atoms with Crippen molar-refractivity contribution in [2.45, 2.75) is 31.8 Å². The number of carbonyl (C=O) groups excluding carboxylic acids is 3. The molecule has 0 radical (unpaired) electrons. The first-order valence-corrected chi connectivity index (χ1v) is 12.1. The van der Waals surface area contributed by atoms with E-state index < -0.39 is 11.8 Å². The van der Waals surface area contributed by atoms with Crippen LogP contribution in [0.3, 0.4) is 0 Å². The molecule has 37 heavy (non-hydrogen) atoms. The molecule has 2 aliphatic rings. The van der Waals surface area contributed by atoms with Crippen molar-refractivity contribution in [2.24, 2.45) is 7.05 Å². The molecule has 1 atom stereocenters. The first-order chi connectivity index (χ1) is 17.9. The lowest BCUT2D eigenvalue weighted by molar-refractivity contribution is -0.123. The van der Waals surface area contributed by atoms with Gasteiger partial charge in [0.25, 0.3) is 11.8 Å². The SMILES string of the molecule is Cn1cncc1CN1CC(NC(=O)CCCON2C(=O)c3ccccc3C2=O)Cc2cc(C#N)ccc21. The first kappa shape index (κ1) is 24.2. The van der Waals surface area contributed by atoms with E-state index in [9.17, 15) is 19.6 Å². The van der Waals surface area contributed by atoms with Crippen LogP contribution < -0.4 is 10.2 Å². The smallest absolute Gasteiger partial charge is 0.285 e. The van der Waals surface area contributed by atoms with E-state index in [0.29, 0.717) is 42.6 Å². The number of fused-ring (bicyclic) bond motifs is 2. The molecule has 3 heterocycles. The Labute approximate surface area is 214 Å². The molecule has 5 rings (SSSR count). The zero-order chi connectivity index (χ0) is 25.9. The zero-order valence-electron chi connectivity index (χ0n) is 20.4. The number of rotatable bonds is 8. The number of nitrogens with zero attached hydrogens (tertiary/aromatic N) is 5. The van der Waals surface area contributed by atoms with Gasteiger partial charge in [-0.25, -0.2) is 4.98 Å². The summed E-state index contributed by atoms with van der Waals surface area (Å²) < 4.78 is 1.96. The van der Waals surface area contributed by atoms with Gasteiger partial charge in [0, 0.05) is 31.9 Å². The Hall–Kier alpha value is -4.49. The molecule has 1 N–H and O–H groups in total. The number of imide groups is 1. The topological polar surface area (TPSA) is 121 Å². The average Bonchev–Trinajstić information content (AvgIpc) is 3.41. The number of amides is 3. The molecule has 0 saturated carbocycles. The second kappa shape index (κ2) is 10.2. The largest absolute Gasteiger partial charge is 0.363 e. The van der Waals surface area contributed by atoms with Crippen LogP contribution in [0.2, 0.25) is 0 Å². The maximum absolute atomic E-state index is 12.7. The number of aromatic nitrogens is 2. The van der Waals surface area contributed by atoms with Crippen LogP contribution in [0, 0.1) is 11.3 Å². The van der Waals surface area contributed by atoms with Crippen LogP contribution in [-0.2, 0) is 29.6 Å². The maximum atomic E-state index is 12.7. The monoisotopic (exact) mass is 498 g/mol. The second-order valence-corrected chi connectivity index (χ2v) is 9.19. The fourth-order valence-corrected chi connectivity index (χ4v) is 4.77. The Balaban J connectivity index is 1.17. The lowest BCUT2D eigenvalue weighted by atomic mass is 9.95. The summed E-state index contributed by atoms with van der Waals surface area (Å²) in [4.78, 5) is 49.3. The van der Waals surface area contributed by atoms with Gasteiger partial charge in [0.05, 0.1) is 54.0 Å². The zero-order valence-corrected chi connectivity index (χ0v) is 20.4. The average molecular weight is 499 g/mol. The molecular weight excluding hydrogens is 472 g/mol. The van der Waals surface area contributed by atoms with Crippen molar-refractivity contribution < 1.29 is 19.2 Å². The van der Waals surface area contributed by atoms with Gasteiger partial charge in [0.1, 0.15) is 0 Å². The van der Waals surface area contributed by atoms with Gasteiger partial charge in [-0.3, -0.25) is 19.2 Å². The minimum Gasteiger partial charge on any atom is -0.363 e. The fourth-order valence-electron chi connectivity index (χ4n) is 4.77. The third kappa shape index (κ3) is 4.94. The van der Waals surface area contributed by atoms with E-state index in [1.807, 2.05) is 36.0 Å². The van der Waals surface area contributed by atoms with Crippen molar-refractivity contribution in [3.8, 4) is 6.07 Å². The molecule has 1 aromatic heterocycles. The number of hydrogen-bond acceptors (Lipinski definition) is 7. The van der Waals surface area contributed by atoms with Crippen molar-refractivity contribution in [1.82, 2.24) is 19.9 Å². The third-order valence-corrected chi connectivity index (χ3v) is 6.62. The number of carbonyl (C=O) groups is 3. The number of aryl methyl sites for hydroxylation is 1. The van der Waals surface area contributed by atoms with Crippen LogP contribution in [0.5, 0.6) is 0 Å². The van der Waals surface area contributed by atoms with Gasteiger partial charge in [-0.1, -0.05) is 12.1 Å². The van der Waals surface area contributed by atoms with E-state index >= 15 is 0 Å². The van der Waals surface area contributed by atoms with Gasteiger partial charge in [-0.15, -0.1) is 5.06 Å². The van der Waals surface area contributed by atoms with Gasteiger partial charge in [0.15, 0.2) is 0 Å². The number of imidazole rings is 1. The highest BCUT2D eigenvalue weighted by atomic mass is 16.7. The van der Waals surface area contributed by atoms with Crippen LogP contribution >= 0.6 is 0 Å². The van der Waals surface area contributed by atoms with E-state index in [1.165, 1.54) is 0 Å². The molecular formula is C27H26N6O4. The molecule has 1 unspecified atom stereocenters. The van der Waals surface area contributed by atoms with E-state index in [2.05, 4.69) is 21.3 Å². The Kier molecular flexibility index (Phi) is 6.70. The van der Waals surface area contributed by atoms with E-state index in [1.54, 1.807) is 30.6 Å². The number of hydroxylamine groups is 2. The van der Waals surface area contributed by atoms with Crippen molar-refractivity contribution in [3.63, 3.8) is 0 Å². The summed E-state index contributed by atoms with van der Waals surface area (Å²) in [6.45, 7) is 1.29. The summed E-state index contributed by atoms with van der Waals surface area (Å²) in [5.41, 5.74) is 4.30. The Morgan fingerprint density at radius 3 is 2.62 bits per heavy atom. The van der Waals surface area contributed by atoms with E-state index in [-0.39, 0.29) is 25.0 Å². The van der Waals surface area contributed by atoms with Gasteiger partial charge in [0.2, 0.25) is 5.91 Å². The standard InChI is InChI=1S/C27H26N6O4/c1-31-17-29-14-21(31)16-32-15-20(12-19-11-18(13-28)8-9-24(19)32)30-25(34)7-4-10-37-33-26(35)22-5-2-3-6-23(22)27(33)36/h2-3,5-6,8-9,11,14,17,20H,4,7,10,12,15-16H2,1H3,(H,30,34). The number of hydrogen-bond donors (Lipinski definition) is 1. The van der Waals surface area contributed by atoms with Crippen molar-refractivity contribution in [3.05, 3.63) is 82.9 Å². The molecule has 2 aromatic carbocycles. The lowest BCUT2D eigenvalue weighted by Crippen LogP contribution is -2.48. The van der Waals surface area contributed by atoms with Crippen molar-refractivity contribution >= 4 is 23.4 Å². The van der Waals surface area contributed by atoms with Crippen molar-refractivity contribution in [2.75, 3.05) is 18.1 Å². The molecule has 2 aliphatic heterocycles. The second-order valence-electron chi connectivity index (χ2n) is 9.19. The molecule has 0 aliphatic carbocycles. The summed E-state index contributed by atoms with van der Waals surface area (Å²) in [6, 6.07) is 14.3. The van der Waals surface area contributed by atoms with Gasteiger partial charge < -0.3 is 14.8 Å². The Morgan fingerprint density at radius 2 is 1.95 bits per heavy atom. The summed E-state index contributed by atoms with van der Waals surface area (Å²) in [7, 11) is 1.94. The van der Waals surface area contributed by atoms with Crippen LogP contribution in [0.25, 0.3) is 0 Å². The molecule has 188 valence electrons. The van der Waals surface area contributed by atoms with Crippen LogP contribution in [0.4, 0.5) is 5.69 Å². The van der Waals surface area contributed by atoms with Crippen LogP contribution in [-0.4, -0.2) is 51.5 Å².